The molecule has 3 heterocycles. The van der Waals surface area contributed by atoms with Gasteiger partial charge in [-0.15, -0.1) is 10.2 Å². The monoisotopic (exact) mass is 236 g/mol. The van der Waals surface area contributed by atoms with Gasteiger partial charge in [-0.1, -0.05) is 0 Å². The molecule has 0 unspecified atom stereocenters. The predicted octanol–water partition coefficient (Wildman–Crippen LogP) is -1.00. The minimum Gasteiger partial charge on any atom is -0.315 e. The second kappa shape index (κ2) is 5.12. The lowest BCUT2D eigenvalue weighted by Crippen LogP contribution is -2.47. The van der Waals surface area contributed by atoms with Crippen molar-refractivity contribution >= 4 is 0 Å². The van der Waals surface area contributed by atoms with Crippen LogP contribution in [0, 0.1) is 0 Å². The maximum Gasteiger partial charge on any atom is 0.147 e. The molecular formula is C11H20N6. The summed E-state index contributed by atoms with van der Waals surface area (Å²) in [5.74, 6) is 1.11. The van der Waals surface area contributed by atoms with E-state index in [1.165, 1.54) is 19.6 Å². The highest BCUT2D eigenvalue weighted by Gasteiger charge is 2.18. The molecule has 1 saturated heterocycles. The Morgan fingerprint density at radius 1 is 1.06 bits per heavy atom. The van der Waals surface area contributed by atoms with E-state index < -0.39 is 0 Å². The Morgan fingerprint density at radius 2 is 1.88 bits per heavy atom. The SMILES string of the molecule is c1nnc2n1CCN(CCN1CCNCC1)C2. The summed E-state index contributed by atoms with van der Waals surface area (Å²) in [6, 6.07) is 0. The lowest BCUT2D eigenvalue weighted by molar-refractivity contribution is 0.164. The molecular weight excluding hydrogens is 216 g/mol. The molecule has 0 amide bonds. The molecule has 0 aromatic carbocycles. The van der Waals surface area contributed by atoms with Gasteiger partial charge in [-0.05, 0) is 0 Å². The number of hydrogen-bond donors (Lipinski definition) is 1. The van der Waals surface area contributed by atoms with E-state index in [9.17, 15) is 0 Å². The molecule has 0 spiro atoms. The first-order valence-electron chi connectivity index (χ1n) is 6.44. The van der Waals surface area contributed by atoms with E-state index in [2.05, 4.69) is 29.9 Å². The highest BCUT2D eigenvalue weighted by Crippen LogP contribution is 2.08. The lowest BCUT2D eigenvalue weighted by atomic mass is 10.3. The number of fused-ring (bicyclic) bond motifs is 1. The van der Waals surface area contributed by atoms with Crippen LogP contribution >= 0.6 is 0 Å². The second-order valence-corrected chi connectivity index (χ2v) is 4.81. The smallest absolute Gasteiger partial charge is 0.147 e. The largest absolute Gasteiger partial charge is 0.315 e. The van der Waals surface area contributed by atoms with Gasteiger partial charge < -0.3 is 9.88 Å². The average Bonchev–Trinajstić information content (AvgIpc) is 2.85. The second-order valence-electron chi connectivity index (χ2n) is 4.81. The summed E-state index contributed by atoms with van der Waals surface area (Å²) in [6.07, 6.45) is 1.84. The Morgan fingerprint density at radius 3 is 2.76 bits per heavy atom. The molecule has 1 aromatic rings. The van der Waals surface area contributed by atoms with Gasteiger partial charge in [0.25, 0.3) is 0 Å². The van der Waals surface area contributed by atoms with Crippen LogP contribution in [0.5, 0.6) is 0 Å². The van der Waals surface area contributed by atoms with Gasteiger partial charge in [-0.25, -0.2) is 0 Å². The quantitative estimate of drug-likeness (QED) is 0.729. The summed E-state index contributed by atoms with van der Waals surface area (Å²) >= 11 is 0. The molecule has 17 heavy (non-hydrogen) atoms. The number of nitrogens with one attached hydrogen (secondary N) is 1. The predicted molar refractivity (Wildman–Crippen MR) is 64.6 cm³/mol. The topological polar surface area (TPSA) is 49.2 Å². The molecule has 0 atom stereocenters. The van der Waals surface area contributed by atoms with Crippen LogP contribution in [-0.4, -0.2) is 70.4 Å². The minimum atomic E-state index is 0.950. The van der Waals surface area contributed by atoms with Crippen molar-refractivity contribution in [2.45, 2.75) is 13.1 Å². The molecule has 2 aliphatic rings. The third kappa shape index (κ3) is 2.65. The molecule has 2 aliphatic heterocycles. The number of nitrogens with zero attached hydrogens (tertiary/aromatic N) is 5. The molecule has 0 saturated carbocycles. The summed E-state index contributed by atoms with van der Waals surface area (Å²) in [7, 11) is 0. The Labute approximate surface area is 102 Å². The van der Waals surface area contributed by atoms with E-state index in [0.29, 0.717) is 0 Å². The van der Waals surface area contributed by atoms with Crippen LogP contribution < -0.4 is 5.32 Å². The maximum atomic E-state index is 4.15. The van der Waals surface area contributed by atoms with E-state index in [0.717, 1.165) is 45.1 Å². The fourth-order valence-corrected chi connectivity index (χ4v) is 2.52. The van der Waals surface area contributed by atoms with Gasteiger partial charge in [0.05, 0.1) is 6.54 Å². The minimum absolute atomic E-state index is 0.950. The molecule has 6 nitrogen and oxygen atoms in total. The molecule has 94 valence electrons. The fourth-order valence-electron chi connectivity index (χ4n) is 2.52. The van der Waals surface area contributed by atoms with Gasteiger partial charge in [0.2, 0.25) is 0 Å². The summed E-state index contributed by atoms with van der Waals surface area (Å²) in [4.78, 5) is 5.02. The zero-order valence-corrected chi connectivity index (χ0v) is 10.2. The first kappa shape index (κ1) is 11.1. The van der Waals surface area contributed by atoms with Crippen LogP contribution in [0.3, 0.4) is 0 Å². The number of hydrogen-bond acceptors (Lipinski definition) is 5. The van der Waals surface area contributed by atoms with Crippen LogP contribution in [-0.2, 0) is 13.1 Å². The third-order valence-electron chi connectivity index (χ3n) is 3.66. The van der Waals surface area contributed by atoms with Crippen molar-refractivity contribution in [3.05, 3.63) is 12.2 Å². The normalized spacial score (nSPS) is 22.6. The number of rotatable bonds is 3. The summed E-state index contributed by atoms with van der Waals surface area (Å²) in [6.45, 7) is 10.1. The van der Waals surface area contributed by atoms with E-state index in [1.54, 1.807) is 0 Å². The number of aromatic nitrogens is 3. The van der Waals surface area contributed by atoms with Gasteiger partial charge >= 0.3 is 0 Å². The van der Waals surface area contributed by atoms with E-state index >= 15 is 0 Å². The Kier molecular flexibility index (Phi) is 3.35. The van der Waals surface area contributed by atoms with Gasteiger partial charge in [0.1, 0.15) is 12.2 Å². The van der Waals surface area contributed by atoms with E-state index in [4.69, 9.17) is 0 Å². The molecule has 1 aromatic heterocycles. The van der Waals surface area contributed by atoms with Crippen LogP contribution in [0.15, 0.2) is 6.33 Å². The first-order chi connectivity index (χ1) is 8.42. The van der Waals surface area contributed by atoms with Crippen LogP contribution in [0.4, 0.5) is 0 Å². The highest BCUT2D eigenvalue weighted by atomic mass is 15.3. The lowest BCUT2D eigenvalue weighted by Gasteiger charge is -2.32. The van der Waals surface area contributed by atoms with Crippen molar-refractivity contribution in [2.24, 2.45) is 0 Å². The van der Waals surface area contributed by atoms with Crippen molar-refractivity contribution < 1.29 is 0 Å². The average molecular weight is 236 g/mol. The third-order valence-corrected chi connectivity index (χ3v) is 3.66. The van der Waals surface area contributed by atoms with Crippen LogP contribution in [0.1, 0.15) is 5.82 Å². The molecule has 0 radical (unpaired) electrons. The molecule has 3 rings (SSSR count). The summed E-state index contributed by atoms with van der Waals surface area (Å²) in [5, 5.41) is 11.5. The highest BCUT2D eigenvalue weighted by molar-refractivity contribution is 4.90. The van der Waals surface area contributed by atoms with Crippen LogP contribution in [0.25, 0.3) is 0 Å². The zero-order valence-electron chi connectivity index (χ0n) is 10.2. The molecule has 1 fully saturated rings. The van der Waals surface area contributed by atoms with Crippen LogP contribution in [0.2, 0.25) is 0 Å². The Bertz CT molecular complexity index is 357. The molecule has 0 bridgehead atoms. The van der Waals surface area contributed by atoms with Gasteiger partial charge in [-0.2, -0.15) is 0 Å². The maximum absolute atomic E-state index is 4.15. The van der Waals surface area contributed by atoms with E-state index in [-0.39, 0.29) is 0 Å². The standard InChI is InChI=1S/C11H20N6/c1-3-15(4-2-12-1)5-6-16-7-8-17-10-13-14-11(17)9-16/h10,12H,1-9H2. The molecule has 6 heteroatoms. The fraction of sp³-hybridized carbons (Fsp3) is 0.818. The molecule has 0 aliphatic carbocycles. The van der Waals surface area contributed by atoms with Gasteiger partial charge in [0.15, 0.2) is 0 Å². The van der Waals surface area contributed by atoms with Gasteiger partial charge in [0, 0.05) is 52.4 Å². The van der Waals surface area contributed by atoms with Crippen molar-refractivity contribution in [1.82, 2.24) is 29.9 Å². The zero-order chi connectivity index (χ0) is 11.5. The number of piperazine rings is 1. The summed E-state index contributed by atoms with van der Waals surface area (Å²) in [5.41, 5.74) is 0. The van der Waals surface area contributed by atoms with Crippen molar-refractivity contribution in [2.75, 3.05) is 45.8 Å². The Balaban J connectivity index is 1.47. The van der Waals surface area contributed by atoms with Crippen molar-refractivity contribution in [1.29, 1.82) is 0 Å². The molecule has 1 N–H and O–H groups in total. The van der Waals surface area contributed by atoms with Gasteiger partial charge in [-0.3, -0.25) is 9.80 Å². The van der Waals surface area contributed by atoms with E-state index in [1.807, 2.05) is 6.33 Å². The first-order valence-corrected chi connectivity index (χ1v) is 6.44. The van der Waals surface area contributed by atoms with Crippen molar-refractivity contribution in [3.8, 4) is 0 Å². The summed E-state index contributed by atoms with van der Waals surface area (Å²) < 4.78 is 2.15. The van der Waals surface area contributed by atoms with Crippen molar-refractivity contribution in [3.63, 3.8) is 0 Å². The Hall–Kier alpha value is -0.980.